The number of nitrogens with one attached hydrogen (secondary N) is 1. The van der Waals surface area contributed by atoms with E-state index in [0.29, 0.717) is 12.6 Å². The zero-order valence-corrected chi connectivity index (χ0v) is 10.8. The summed E-state index contributed by atoms with van der Waals surface area (Å²) >= 11 is 0. The van der Waals surface area contributed by atoms with Gasteiger partial charge < -0.3 is 10.2 Å². The predicted octanol–water partition coefficient (Wildman–Crippen LogP) is 2.49. The lowest BCUT2D eigenvalue weighted by atomic mass is 10.2. The van der Waals surface area contributed by atoms with Gasteiger partial charge in [0.15, 0.2) is 0 Å². The molecule has 1 aliphatic carbocycles. The van der Waals surface area contributed by atoms with Gasteiger partial charge in [-0.15, -0.1) is 6.58 Å². The minimum atomic E-state index is -0.277. The number of aromatic nitrogens is 1. The molecule has 0 aliphatic heterocycles. The van der Waals surface area contributed by atoms with Crippen LogP contribution in [-0.2, 0) is 6.54 Å². The van der Waals surface area contributed by atoms with E-state index in [1.165, 1.54) is 19.0 Å². The van der Waals surface area contributed by atoms with Crippen molar-refractivity contribution in [1.29, 1.82) is 0 Å². The van der Waals surface area contributed by atoms with Gasteiger partial charge in [0.2, 0.25) is 0 Å². The number of rotatable bonds is 7. The Morgan fingerprint density at radius 2 is 2.39 bits per heavy atom. The van der Waals surface area contributed by atoms with Crippen molar-refractivity contribution in [1.82, 2.24) is 10.3 Å². The van der Waals surface area contributed by atoms with Gasteiger partial charge in [-0.3, -0.25) is 0 Å². The van der Waals surface area contributed by atoms with E-state index in [-0.39, 0.29) is 5.82 Å². The Labute approximate surface area is 108 Å². The summed E-state index contributed by atoms with van der Waals surface area (Å²) < 4.78 is 13.3. The molecule has 2 rings (SSSR count). The Morgan fingerprint density at radius 3 is 3.00 bits per heavy atom. The quantitative estimate of drug-likeness (QED) is 0.752. The van der Waals surface area contributed by atoms with Gasteiger partial charge in [0.05, 0.1) is 6.20 Å². The molecule has 0 amide bonds. The van der Waals surface area contributed by atoms with Gasteiger partial charge >= 0.3 is 0 Å². The first-order chi connectivity index (χ1) is 8.76. The highest BCUT2D eigenvalue weighted by atomic mass is 19.1. The lowest BCUT2D eigenvalue weighted by molar-refractivity contribution is 0.612. The van der Waals surface area contributed by atoms with Crippen LogP contribution in [0.5, 0.6) is 0 Å². The van der Waals surface area contributed by atoms with E-state index in [1.807, 2.05) is 13.0 Å². The summed E-state index contributed by atoms with van der Waals surface area (Å²) in [5.41, 5.74) is 0.922. The molecule has 0 bridgehead atoms. The standard InChI is InChI=1S/C14H20FN3/c1-3-7-18(13-5-6-13)14-11(9-16-4-2)8-12(15)10-17-14/h3,8,10,13,16H,1,4-7,9H2,2H3. The van der Waals surface area contributed by atoms with Crippen LogP contribution in [-0.4, -0.2) is 24.1 Å². The molecule has 18 heavy (non-hydrogen) atoms. The van der Waals surface area contributed by atoms with Crippen LogP contribution in [0, 0.1) is 5.82 Å². The average molecular weight is 249 g/mol. The van der Waals surface area contributed by atoms with Crippen molar-refractivity contribution in [2.24, 2.45) is 0 Å². The maximum absolute atomic E-state index is 13.3. The zero-order chi connectivity index (χ0) is 13.0. The SMILES string of the molecule is C=CCN(c1ncc(F)cc1CNCC)C1CC1. The normalized spacial score (nSPS) is 14.6. The molecule has 3 nitrogen and oxygen atoms in total. The molecule has 0 spiro atoms. The van der Waals surface area contributed by atoms with Gasteiger partial charge in [-0.2, -0.15) is 0 Å². The number of halogens is 1. The molecule has 0 atom stereocenters. The molecule has 0 radical (unpaired) electrons. The van der Waals surface area contributed by atoms with Crippen LogP contribution in [0.2, 0.25) is 0 Å². The number of hydrogen-bond acceptors (Lipinski definition) is 3. The van der Waals surface area contributed by atoms with Crippen LogP contribution in [0.4, 0.5) is 10.2 Å². The fourth-order valence-electron chi connectivity index (χ4n) is 2.06. The summed E-state index contributed by atoms with van der Waals surface area (Å²) in [5.74, 6) is 0.612. The molecule has 1 fully saturated rings. The van der Waals surface area contributed by atoms with E-state index in [2.05, 4.69) is 21.8 Å². The molecule has 1 aliphatic rings. The Morgan fingerprint density at radius 1 is 1.61 bits per heavy atom. The molecule has 0 aromatic carbocycles. The third-order valence-electron chi connectivity index (χ3n) is 3.06. The Bertz CT molecular complexity index is 416. The zero-order valence-electron chi connectivity index (χ0n) is 10.8. The van der Waals surface area contributed by atoms with Crippen LogP contribution >= 0.6 is 0 Å². The first-order valence-corrected chi connectivity index (χ1v) is 6.49. The number of hydrogen-bond donors (Lipinski definition) is 1. The van der Waals surface area contributed by atoms with Gasteiger partial charge in [0.25, 0.3) is 0 Å². The second-order valence-corrected chi connectivity index (χ2v) is 4.59. The maximum atomic E-state index is 13.3. The lowest BCUT2D eigenvalue weighted by Crippen LogP contribution is -2.29. The molecule has 0 saturated heterocycles. The Balaban J connectivity index is 2.25. The van der Waals surface area contributed by atoms with E-state index in [4.69, 9.17) is 0 Å². The van der Waals surface area contributed by atoms with Crippen LogP contribution in [0.3, 0.4) is 0 Å². The topological polar surface area (TPSA) is 28.2 Å². The summed E-state index contributed by atoms with van der Waals surface area (Å²) in [5, 5.41) is 3.23. The molecule has 1 aromatic rings. The summed E-state index contributed by atoms with van der Waals surface area (Å²) in [4.78, 5) is 6.50. The molecular formula is C14H20FN3. The fourth-order valence-corrected chi connectivity index (χ4v) is 2.06. The number of nitrogens with zero attached hydrogens (tertiary/aromatic N) is 2. The van der Waals surface area contributed by atoms with Crippen LogP contribution < -0.4 is 10.2 Å². The Kier molecular flexibility index (Phi) is 4.31. The van der Waals surface area contributed by atoms with Crippen LogP contribution in [0.15, 0.2) is 24.9 Å². The molecule has 1 saturated carbocycles. The molecule has 1 N–H and O–H groups in total. The minimum Gasteiger partial charge on any atom is -0.350 e. The van der Waals surface area contributed by atoms with Crippen molar-refractivity contribution >= 4 is 5.82 Å². The minimum absolute atomic E-state index is 0.277. The van der Waals surface area contributed by atoms with Gasteiger partial charge in [0.1, 0.15) is 11.6 Å². The highest BCUT2D eigenvalue weighted by Crippen LogP contribution is 2.32. The predicted molar refractivity (Wildman–Crippen MR) is 72.1 cm³/mol. The van der Waals surface area contributed by atoms with Crippen LogP contribution in [0.25, 0.3) is 0 Å². The molecule has 0 unspecified atom stereocenters. The first kappa shape index (κ1) is 13.0. The first-order valence-electron chi connectivity index (χ1n) is 6.49. The van der Waals surface area contributed by atoms with E-state index >= 15 is 0 Å². The van der Waals surface area contributed by atoms with Crippen molar-refractivity contribution < 1.29 is 4.39 Å². The van der Waals surface area contributed by atoms with Crippen molar-refractivity contribution in [2.75, 3.05) is 18.0 Å². The number of pyridine rings is 1. The van der Waals surface area contributed by atoms with Crippen molar-refractivity contribution in [3.05, 3.63) is 36.3 Å². The molecule has 1 heterocycles. The third-order valence-corrected chi connectivity index (χ3v) is 3.06. The molecule has 98 valence electrons. The second-order valence-electron chi connectivity index (χ2n) is 4.59. The van der Waals surface area contributed by atoms with Crippen LogP contribution in [0.1, 0.15) is 25.3 Å². The largest absolute Gasteiger partial charge is 0.350 e. The second kappa shape index (κ2) is 5.96. The van der Waals surface area contributed by atoms with E-state index < -0.39 is 0 Å². The van der Waals surface area contributed by atoms with Crippen molar-refractivity contribution in [2.45, 2.75) is 32.4 Å². The van der Waals surface area contributed by atoms with Gasteiger partial charge in [-0.25, -0.2) is 9.37 Å². The smallest absolute Gasteiger partial charge is 0.141 e. The third kappa shape index (κ3) is 3.07. The van der Waals surface area contributed by atoms with E-state index in [0.717, 1.165) is 24.5 Å². The van der Waals surface area contributed by atoms with Gasteiger partial charge in [-0.05, 0) is 25.5 Å². The molecular weight excluding hydrogens is 229 g/mol. The van der Waals surface area contributed by atoms with Crippen molar-refractivity contribution in [3.8, 4) is 0 Å². The van der Waals surface area contributed by atoms with E-state index in [9.17, 15) is 4.39 Å². The van der Waals surface area contributed by atoms with Crippen molar-refractivity contribution in [3.63, 3.8) is 0 Å². The van der Waals surface area contributed by atoms with Gasteiger partial charge in [-0.1, -0.05) is 13.0 Å². The Hall–Kier alpha value is -1.42. The monoisotopic (exact) mass is 249 g/mol. The number of anilines is 1. The molecule has 4 heteroatoms. The average Bonchev–Trinajstić information content (AvgIpc) is 3.18. The summed E-state index contributed by atoms with van der Waals surface area (Å²) in [6.45, 7) is 8.10. The summed E-state index contributed by atoms with van der Waals surface area (Å²) in [7, 11) is 0. The highest BCUT2D eigenvalue weighted by Gasteiger charge is 2.30. The fraction of sp³-hybridized carbons (Fsp3) is 0.500. The van der Waals surface area contributed by atoms with E-state index in [1.54, 1.807) is 6.07 Å². The van der Waals surface area contributed by atoms with Gasteiger partial charge in [0, 0.05) is 24.7 Å². The summed E-state index contributed by atoms with van der Waals surface area (Å²) in [6, 6.07) is 2.12. The summed E-state index contributed by atoms with van der Waals surface area (Å²) in [6.07, 6.45) is 5.55. The molecule has 1 aromatic heterocycles. The lowest BCUT2D eigenvalue weighted by Gasteiger charge is -2.24. The maximum Gasteiger partial charge on any atom is 0.141 e. The highest BCUT2D eigenvalue weighted by molar-refractivity contribution is 5.49.